The van der Waals surface area contributed by atoms with E-state index in [1.807, 2.05) is 0 Å². The third-order valence-electron chi connectivity index (χ3n) is 6.90. The lowest BCUT2D eigenvalue weighted by Gasteiger charge is -2.35. The van der Waals surface area contributed by atoms with Crippen molar-refractivity contribution in [2.24, 2.45) is 0 Å². The summed E-state index contributed by atoms with van der Waals surface area (Å²) in [6, 6.07) is 11.4. The average Bonchev–Trinajstić information content (AvgIpc) is 3.08. The Bertz CT molecular complexity index is 1210. The third-order valence-corrected chi connectivity index (χ3v) is 6.90. The van der Waals surface area contributed by atoms with Crippen molar-refractivity contribution in [2.45, 2.75) is 31.8 Å². The minimum absolute atomic E-state index is 0.239. The number of carbonyl (C=O) groups excluding carboxylic acids is 1. The molecule has 3 aromatic rings. The van der Waals surface area contributed by atoms with E-state index in [2.05, 4.69) is 46.5 Å². The molecule has 33 heavy (non-hydrogen) atoms. The Morgan fingerprint density at radius 2 is 1.94 bits per heavy atom. The molecule has 0 aliphatic carbocycles. The quantitative estimate of drug-likeness (QED) is 0.564. The largest absolute Gasteiger partial charge is 0.465 e. The first-order valence-corrected chi connectivity index (χ1v) is 11.3. The molecular weight excluding hydrogens is 423 g/mol. The summed E-state index contributed by atoms with van der Waals surface area (Å²) in [5, 5.41) is 12.8. The fourth-order valence-corrected chi connectivity index (χ4v) is 5.13. The molecular formula is C25H27FN4O3. The molecule has 7 nitrogen and oxygen atoms in total. The molecule has 0 bridgehead atoms. The molecule has 1 saturated heterocycles. The third kappa shape index (κ3) is 4.06. The zero-order chi connectivity index (χ0) is 23.1. The van der Waals surface area contributed by atoms with E-state index in [9.17, 15) is 14.0 Å². The summed E-state index contributed by atoms with van der Waals surface area (Å²) in [5.74, 6) is -0.669. The minimum atomic E-state index is -0.839. The SMILES string of the molecule is CN(Cc1ccc(-c2[nH]c3cc(F)cc4c3c2CCNC4=O)cc1)C1CCN(C(=O)O)CC1. The lowest BCUT2D eigenvalue weighted by atomic mass is 9.99. The number of piperidine rings is 1. The molecule has 2 aliphatic rings. The summed E-state index contributed by atoms with van der Waals surface area (Å²) in [6.07, 6.45) is 1.52. The number of H-pyrrole nitrogens is 1. The van der Waals surface area contributed by atoms with E-state index < -0.39 is 11.9 Å². The number of carboxylic acid groups (broad SMARTS) is 1. The Hall–Kier alpha value is -3.39. The Balaban J connectivity index is 1.36. The first-order chi connectivity index (χ1) is 15.9. The average molecular weight is 451 g/mol. The number of aromatic nitrogens is 1. The Morgan fingerprint density at radius 3 is 2.64 bits per heavy atom. The van der Waals surface area contributed by atoms with Gasteiger partial charge in [0.2, 0.25) is 0 Å². The molecule has 3 heterocycles. The number of hydrogen-bond donors (Lipinski definition) is 3. The highest BCUT2D eigenvalue weighted by atomic mass is 19.1. The second-order valence-corrected chi connectivity index (χ2v) is 8.97. The molecule has 5 rings (SSSR count). The maximum absolute atomic E-state index is 14.1. The highest BCUT2D eigenvalue weighted by molar-refractivity contribution is 6.10. The van der Waals surface area contributed by atoms with Gasteiger partial charge in [-0.05, 0) is 55.1 Å². The van der Waals surface area contributed by atoms with Gasteiger partial charge in [-0.25, -0.2) is 9.18 Å². The molecule has 0 atom stereocenters. The second-order valence-electron chi connectivity index (χ2n) is 8.97. The molecule has 0 radical (unpaired) electrons. The van der Waals surface area contributed by atoms with Crippen LogP contribution in [0.1, 0.15) is 34.3 Å². The van der Waals surface area contributed by atoms with Gasteiger partial charge in [0, 0.05) is 48.8 Å². The van der Waals surface area contributed by atoms with Crippen molar-refractivity contribution in [1.82, 2.24) is 20.1 Å². The minimum Gasteiger partial charge on any atom is -0.465 e. The highest BCUT2D eigenvalue weighted by Gasteiger charge is 2.25. The number of rotatable bonds is 4. The molecule has 1 aromatic heterocycles. The van der Waals surface area contributed by atoms with Crippen LogP contribution in [0.2, 0.25) is 0 Å². The van der Waals surface area contributed by atoms with E-state index in [4.69, 9.17) is 5.11 Å². The summed E-state index contributed by atoms with van der Waals surface area (Å²) in [5.41, 5.74) is 5.16. The van der Waals surface area contributed by atoms with Crippen LogP contribution in [0, 0.1) is 5.82 Å². The van der Waals surface area contributed by atoms with Gasteiger partial charge < -0.3 is 20.3 Å². The van der Waals surface area contributed by atoms with Gasteiger partial charge >= 0.3 is 6.09 Å². The van der Waals surface area contributed by atoms with E-state index in [0.29, 0.717) is 43.2 Å². The molecule has 2 aromatic carbocycles. The second kappa shape index (κ2) is 8.51. The molecule has 2 amide bonds. The van der Waals surface area contributed by atoms with Gasteiger partial charge in [-0.15, -0.1) is 0 Å². The van der Waals surface area contributed by atoms with Crippen LogP contribution in [0.5, 0.6) is 0 Å². The fourth-order valence-electron chi connectivity index (χ4n) is 5.13. The van der Waals surface area contributed by atoms with Crippen LogP contribution < -0.4 is 5.32 Å². The Morgan fingerprint density at radius 1 is 1.21 bits per heavy atom. The Labute approximate surface area is 191 Å². The monoisotopic (exact) mass is 450 g/mol. The number of nitrogens with zero attached hydrogens (tertiary/aromatic N) is 2. The van der Waals surface area contributed by atoms with Crippen molar-refractivity contribution < 1.29 is 19.1 Å². The summed E-state index contributed by atoms with van der Waals surface area (Å²) >= 11 is 0. The highest BCUT2D eigenvalue weighted by Crippen LogP contribution is 2.35. The van der Waals surface area contributed by atoms with Gasteiger partial charge in [-0.2, -0.15) is 0 Å². The van der Waals surface area contributed by atoms with Gasteiger partial charge in [0.15, 0.2) is 0 Å². The van der Waals surface area contributed by atoms with Crippen LogP contribution >= 0.6 is 0 Å². The topological polar surface area (TPSA) is 88.7 Å². The number of hydrogen-bond acceptors (Lipinski definition) is 3. The molecule has 172 valence electrons. The number of likely N-dealkylation sites (tertiary alicyclic amines) is 1. The summed E-state index contributed by atoms with van der Waals surface area (Å²) in [7, 11) is 2.08. The number of halogens is 1. The number of amides is 2. The lowest BCUT2D eigenvalue weighted by Crippen LogP contribution is -2.44. The van der Waals surface area contributed by atoms with Crippen molar-refractivity contribution in [2.75, 3.05) is 26.7 Å². The van der Waals surface area contributed by atoms with E-state index in [0.717, 1.165) is 41.6 Å². The number of carbonyl (C=O) groups is 2. The Kier molecular flexibility index (Phi) is 5.54. The van der Waals surface area contributed by atoms with E-state index in [1.165, 1.54) is 22.6 Å². The van der Waals surface area contributed by atoms with Crippen molar-refractivity contribution in [3.05, 3.63) is 58.9 Å². The molecule has 8 heteroatoms. The summed E-state index contributed by atoms with van der Waals surface area (Å²) in [4.78, 5) is 30.6. The maximum Gasteiger partial charge on any atom is 0.407 e. The first-order valence-electron chi connectivity index (χ1n) is 11.3. The first kappa shape index (κ1) is 21.5. The zero-order valence-electron chi connectivity index (χ0n) is 18.5. The molecule has 3 N–H and O–H groups in total. The predicted octanol–water partition coefficient (Wildman–Crippen LogP) is 3.83. The van der Waals surface area contributed by atoms with Crippen LogP contribution in [0.15, 0.2) is 36.4 Å². The van der Waals surface area contributed by atoms with Gasteiger partial charge in [0.1, 0.15) is 5.82 Å². The van der Waals surface area contributed by atoms with E-state index in [-0.39, 0.29) is 5.91 Å². The van der Waals surface area contributed by atoms with Gasteiger partial charge in [-0.1, -0.05) is 24.3 Å². The molecule has 1 fully saturated rings. The molecule has 0 saturated carbocycles. The van der Waals surface area contributed by atoms with Crippen molar-refractivity contribution in [3.63, 3.8) is 0 Å². The fraction of sp³-hybridized carbons (Fsp3) is 0.360. The van der Waals surface area contributed by atoms with Crippen LogP contribution in [0.3, 0.4) is 0 Å². The van der Waals surface area contributed by atoms with Crippen LogP contribution in [0.4, 0.5) is 9.18 Å². The van der Waals surface area contributed by atoms with Crippen LogP contribution in [-0.4, -0.2) is 64.6 Å². The predicted molar refractivity (Wildman–Crippen MR) is 124 cm³/mol. The van der Waals surface area contributed by atoms with Crippen molar-refractivity contribution in [3.8, 4) is 11.3 Å². The van der Waals surface area contributed by atoms with Gasteiger partial charge in [-0.3, -0.25) is 9.69 Å². The van der Waals surface area contributed by atoms with Crippen LogP contribution in [-0.2, 0) is 13.0 Å². The molecule has 2 aliphatic heterocycles. The van der Waals surface area contributed by atoms with E-state index in [1.54, 1.807) is 0 Å². The van der Waals surface area contributed by atoms with Gasteiger partial charge in [0.25, 0.3) is 5.91 Å². The zero-order valence-corrected chi connectivity index (χ0v) is 18.5. The lowest BCUT2D eigenvalue weighted by molar-refractivity contribution is 0.0956. The number of benzene rings is 2. The number of nitrogens with one attached hydrogen (secondary N) is 2. The number of aromatic amines is 1. The smallest absolute Gasteiger partial charge is 0.407 e. The molecule has 0 spiro atoms. The van der Waals surface area contributed by atoms with Gasteiger partial charge in [0.05, 0.1) is 5.56 Å². The maximum atomic E-state index is 14.1. The summed E-state index contributed by atoms with van der Waals surface area (Å²) in [6.45, 7) is 2.45. The van der Waals surface area contributed by atoms with E-state index >= 15 is 0 Å². The normalized spacial score (nSPS) is 16.8. The van der Waals surface area contributed by atoms with Crippen molar-refractivity contribution >= 4 is 22.9 Å². The molecule has 0 unspecified atom stereocenters. The van der Waals surface area contributed by atoms with Crippen molar-refractivity contribution in [1.29, 1.82) is 0 Å². The van der Waals surface area contributed by atoms with Crippen LogP contribution in [0.25, 0.3) is 22.2 Å². The standard InChI is InChI=1S/C25H27FN4O3/c1-29(18-7-10-30(11-8-18)25(32)33)14-15-2-4-16(5-3-15)23-19-6-9-27-24(31)20-12-17(26)13-21(28-23)22(19)20/h2-5,12-13,18,28H,6-11,14H2,1H3,(H,27,31)(H,32,33). The summed E-state index contributed by atoms with van der Waals surface area (Å²) < 4.78 is 14.1.